The van der Waals surface area contributed by atoms with E-state index in [4.69, 9.17) is 0 Å². The van der Waals surface area contributed by atoms with Gasteiger partial charge in [0.15, 0.2) is 0 Å². The maximum atomic E-state index is 3.66. The molecule has 2 unspecified atom stereocenters. The summed E-state index contributed by atoms with van der Waals surface area (Å²) in [4.78, 5) is 2.72. The molecule has 2 fully saturated rings. The molecule has 0 aliphatic heterocycles. The number of nitrogens with zero attached hydrogens (tertiary/aromatic N) is 1. The van der Waals surface area contributed by atoms with Crippen molar-refractivity contribution < 1.29 is 0 Å². The van der Waals surface area contributed by atoms with E-state index >= 15 is 0 Å². The lowest BCUT2D eigenvalue weighted by Gasteiger charge is -2.45. The lowest BCUT2D eigenvalue weighted by Crippen LogP contribution is -2.48. The van der Waals surface area contributed by atoms with E-state index in [9.17, 15) is 0 Å². The van der Waals surface area contributed by atoms with Gasteiger partial charge in [-0.1, -0.05) is 46.0 Å². The normalized spacial score (nSPS) is 32.7. The van der Waals surface area contributed by atoms with E-state index in [1.165, 1.54) is 70.9 Å². The molecular weight excluding hydrogens is 244 g/mol. The van der Waals surface area contributed by atoms with Gasteiger partial charge >= 0.3 is 0 Å². The Morgan fingerprint density at radius 1 is 1.10 bits per heavy atom. The van der Waals surface area contributed by atoms with Gasteiger partial charge in [-0.3, -0.25) is 0 Å². The first-order valence-electron chi connectivity index (χ1n) is 9.06. The van der Waals surface area contributed by atoms with Crippen LogP contribution in [0.15, 0.2) is 0 Å². The van der Waals surface area contributed by atoms with E-state index < -0.39 is 0 Å². The molecule has 0 heterocycles. The summed E-state index contributed by atoms with van der Waals surface area (Å²) in [6.07, 6.45) is 13.0. The molecule has 2 saturated carbocycles. The van der Waals surface area contributed by atoms with Crippen LogP contribution in [0.2, 0.25) is 0 Å². The van der Waals surface area contributed by atoms with E-state index in [-0.39, 0.29) is 0 Å². The van der Waals surface area contributed by atoms with Gasteiger partial charge in [0.05, 0.1) is 0 Å². The maximum absolute atomic E-state index is 3.66. The zero-order valence-electron chi connectivity index (χ0n) is 14.1. The van der Waals surface area contributed by atoms with Gasteiger partial charge in [0.25, 0.3) is 0 Å². The smallest absolute Gasteiger partial charge is 0.00924 e. The molecule has 2 aliphatic carbocycles. The van der Waals surface area contributed by atoms with Crippen molar-refractivity contribution in [1.82, 2.24) is 10.2 Å². The molecule has 2 aliphatic rings. The molecule has 118 valence electrons. The third-order valence-electron chi connectivity index (χ3n) is 5.72. The molecule has 2 rings (SSSR count). The van der Waals surface area contributed by atoms with Crippen molar-refractivity contribution in [3.05, 3.63) is 0 Å². The topological polar surface area (TPSA) is 15.3 Å². The van der Waals surface area contributed by atoms with Crippen molar-refractivity contribution in [2.24, 2.45) is 11.3 Å². The number of rotatable bonds is 6. The molecule has 0 bridgehead atoms. The molecule has 0 saturated heterocycles. The zero-order chi connectivity index (χ0) is 14.4. The fourth-order valence-corrected chi connectivity index (χ4v) is 4.70. The fraction of sp³-hybridized carbons (Fsp3) is 1.00. The van der Waals surface area contributed by atoms with Gasteiger partial charge in [-0.25, -0.2) is 0 Å². The van der Waals surface area contributed by atoms with Crippen molar-refractivity contribution >= 4 is 0 Å². The summed E-state index contributed by atoms with van der Waals surface area (Å²) < 4.78 is 0. The van der Waals surface area contributed by atoms with Gasteiger partial charge in [0, 0.05) is 19.1 Å². The monoisotopic (exact) mass is 280 g/mol. The van der Waals surface area contributed by atoms with Crippen LogP contribution in [0.1, 0.15) is 71.6 Å². The van der Waals surface area contributed by atoms with Crippen molar-refractivity contribution in [2.75, 3.05) is 26.7 Å². The Kier molecular flexibility index (Phi) is 6.35. The average Bonchev–Trinajstić information content (AvgIpc) is 2.46. The highest BCUT2D eigenvalue weighted by Crippen LogP contribution is 2.40. The Bertz CT molecular complexity index is 273. The second-order valence-corrected chi connectivity index (χ2v) is 7.69. The summed E-state index contributed by atoms with van der Waals surface area (Å²) in [5, 5.41) is 3.66. The van der Waals surface area contributed by atoms with E-state index in [1.54, 1.807) is 0 Å². The molecule has 0 aromatic heterocycles. The predicted octanol–water partition coefficient (Wildman–Crippen LogP) is 4.06. The zero-order valence-corrected chi connectivity index (χ0v) is 14.1. The molecule has 0 aromatic carbocycles. The first kappa shape index (κ1) is 16.3. The molecule has 2 atom stereocenters. The van der Waals surface area contributed by atoms with E-state index in [2.05, 4.69) is 31.1 Å². The van der Waals surface area contributed by atoms with Crippen molar-refractivity contribution in [3.63, 3.8) is 0 Å². The molecule has 1 N–H and O–H groups in total. The average molecular weight is 280 g/mol. The minimum Gasteiger partial charge on any atom is -0.316 e. The molecule has 0 radical (unpaired) electrons. The Hall–Kier alpha value is -0.0800. The van der Waals surface area contributed by atoms with Crippen LogP contribution in [0, 0.1) is 11.3 Å². The highest BCUT2D eigenvalue weighted by molar-refractivity contribution is 4.91. The van der Waals surface area contributed by atoms with Crippen molar-refractivity contribution in [3.8, 4) is 0 Å². The number of hydrogen-bond donors (Lipinski definition) is 1. The van der Waals surface area contributed by atoms with Crippen molar-refractivity contribution in [2.45, 2.75) is 77.7 Å². The van der Waals surface area contributed by atoms with Crippen LogP contribution in [0.3, 0.4) is 0 Å². The van der Waals surface area contributed by atoms with Crippen LogP contribution >= 0.6 is 0 Å². The van der Waals surface area contributed by atoms with E-state index in [0.29, 0.717) is 5.41 Å². The van der Waals surface area contributed by atoms with Crippen LogP contribution in [0.25, 0.3) is 0 Å². The minimum absolute atomic E-state index is 0.542. The molecule has 0 spiro atoms. The van der Waals surface area contributed by atoms with Crippen molar-refractivity contribution in [1.29, 1.82) is 0 Å². The Morgan fingerprint density at radius 2 is 1.85 bits per heavy atom. The highest BCUT2D eigenvalue weighted by atomic mass is 15.1. The van der Waals surface area contributed by atoms with E-state index in [0.717, 1.165) is 18.5 Å². The molecule has 2 nitrogen and oxygen atoms in total. The minimum atomic E-state index is 0.542. The second kappa shape index (κ2) is 7.79. The van der Waals surface area contributed by atoms with Crippen LogP contribution in [-0.2, 0) is 0 Å². The first-order valence-corrected chi connectivity index (χ1v) is 9.06. The predicted molar refractivity (Wildman–Crippen MR) is 88.1 cm³/mol. The number of nitrogens with one attached hydrogen (secondary N) is 1. The first-order chi connectivity index (χ1) is 9.65. The molecule has 0 aromatic rings. The largest absolute Gasteiger partial charge is 0.316 e. The van der Waals surface area contributed by atoms with Crippen LogP contribution in [0.5, 0.6) is 0 Å². The molecular formula is C18H36N2. The summed E-state index contributed by atoms with van der Waals surface area (Å²) in [6.45, 7) is 8.36. The second-order valence-electron chi connectivity index (χ2n) is 7.69. The standard InChI is InChI=1S/C18H36N2/c1-4-19-14-18(12-8-9-16(2)13-18)15-20(3)17-10-6-5-7-11-17/h16-17,19H,4-15H2,1-3H3. The van der Waals surface area contributed by atoms with Gasteiger partial charge in [-0.2, -0.15) is 0 Å². The van der Waals surface area contributed by atoms with Gasteiger partial charge in [-0.05, 0) is 50.6 Å². The molecule has 20 heavy (non-hydrogen) atoms. The van der Waals surface area contributed by atoms with Crippen LogP contribution < -0.4 is 5.32 Å². The Morgan fingerprint density at radius 3 is 2.50 bits per heavy atom. The van der Waals surface area contributed by atoms with Gasteiger partial charge in [-0.15, -0.1) is 0 Å². The SMILES string of the molecule is CCNCC1(CN(C)C2CCCCC2)CCCC(C)C1. The lowest BCUT2D eigenvalue weighted by molar-refractivity contribution is 0.0630. The third kappa shape index (κ3) is 4.46. The maximum Gasteiger partial charge on any atom is 0.00924 e. The highest BCUT2D eigenvalue weighted by Gasteiger charge is 2.36. The van der Waals surface area contributed by atoms with E-state index in [1.807, 2.05) is 0 Å². The molecule has 0 amide bonds. The molecule has 2 heteroatoms. The van der Waals surface area contributed by atoms with Gasteiger partial charge < -0.3 is 10.2 Å². The lowest BCUT2D eigenvalue weighted by atomic mass is 9.69. The summed E-state index contributed by atoms with van der Waals surface area (Å²) in [6, 6.07) is 0.861. The van der Waals surface area contributed by atoms with Crippen LogP contribution in [0.4, 0.5) is 0 Å². The number of hydrogen-bond acceptors (Lipinski definition) is 2. The van der Waals surface area contributed by atoms with Gasteiger partial charge in [0.1, 0.15) is 0 Å². The summed E-state index contributed by atoms with van der Waals surface area (Å²) in [7, 11) is 2.39. The van der Waals surface area contributed by atoms with Crippen LogP contribution in [-0.4, -0.2) is 37.6 Å². The summed E-state index contributed by atoms with van der Waals surface area (Å²) >= 11 is 0. The summed E-state index contributed by atoms with van der Waals surface area (Å²) in [5.41, 5.74) is 0.542. The summed E-state index contributed by atoms with van der Waals surface area (Å²) in [5.74, 6) is 0.919. The Labute approximate surface area is 126 Å². The third-order valence-corrected chi connectivity index (χ3v) is 5.72. The fourth-order valence-electron chi connectivity index (χ4n) is 4.70. The quantitative estimate of drug-likeness (QED) is 0.789. The van der Waals surface area contributed by atoms with Gasteiger partial charge in [0.2, 0.25) is 0 Å². The Balaban J connectivity index is 1.95.